The number of carboxylic acids is 1. The van der Waals surface area contributed by atoms with Gasteiger partial charge in [0.25, 0.3) is 5.91 Å². The average Bonchev–Trinajstić information content (AvgIpc) is 2.45. The summed E-state index contributed by atoms with van der Waals surface area (Å²) >= 11 is 6.06. The average molecular weight is 343 g/mol. The molecule has 1 heterocycles. The molecule has 0 saturated heterocycles. The SMILES string of the molecule is CC(C)COc1ncc(C(=O)NCCC(C)(C)C(=O)O)cc1Cl. The number of nitrogens with one attached hydrogen (secondary N) is 1. The number of hydrogen-bond acceptors (Lipinski definition) is 4. The first kappa shape index (κ1) is 19.2. The Bertz CT molecular complexity index is 573. The predicted octanol–water partition coefficient (Wildman–Crippen LogP) is 3.00. The molecule has 0 spiro atoms. The Morgan fingerprint density at radius 2 is 2.09 bits per heavy atom. The summed E-state index contributed by atoms with van der Waals surface area (Å²) in [5.74, 6) is -0.614. The van der Waals surface area contributed by atoms with Crippen LogP contribution in [-0.2, 0) is 4.79 Å². The highest BCUT2D eigenvalue weighted by atomic mass is 35.5. The van der Waals surface area contributed by atoms with Gasteiger partial charge in [-0.3, -0.25) is 9.59 Å². The number of carbonyl (C=O) groups is 2. The minimum atomic E-state index is -0.900. The van der Waals surface area contributed by atoms with Crippen LogP contribution >= 0.6 is 11.6 Å². The number of nitrogens with zero attached hydrogens (tertiary/aromatic N) is 1. The van der Waals surface area contributed by atoms with Crippen LogP contribution < -0.4 is 10.1 Å². The Hall–Kier alpha value is -1.82. The van der Waals surface area contributed by atoms with Gasteiger partial charge in [-0.05, 0) is 32.3 Å². The number of pyridine rings is 1. The standard InChI is InChI=1S/C16H23ClN2O4/c1-10(2)9-23-14-12(17)7-11(8-19-14)13(20)18-6-5-16(3,4)15(21)22/h7-8,10H,5-6,9H2,1-4H3,(H,18,20)(H,21,22). The lowest BCUT2D eigenvalue weighted by molar-refractivity contribution is -0.147. The molecule has 1 aromatic heterocycles. The summed E-state index contributed by atoms with van der Waals surface area (Å²) < 4.78 is 5.45. The van der Waals surface area contributed by atoms with E-state index in [1.54, 1.807) is 13.8 Å². The number of ether oxygens (including phenoxy) is 1. The van der Waals surface area contributed by atoms with Crippen molar-refractivity contribution >= 4 is 23.5 Å². The lowest BCUT2D eigenvalue weighted by Gasteiger charge is -2.18. The summed E-state index contributed by atoms with van der Waals surface area (Å²) in [6, 6.07) is 1.49. The van der Waals surface area contributed by atoms with E-state index in [0.717, 1.165) is 0 Å². The zero-order valence-electron chi connectivity index (χ0n) is 13.9. The third-order valence-electron chi connectivity index (χ3n) is 3.24. The second-order valence-electron chi connectivity index (χ2n) is 6.41. The van der Waals surface area contributed by atoms with E-state index in [1.165, 1.54) is 12.3 Å². The summed E-state index contributed by atoms with van der Waals surface area (Å²) in [7, 11) is 0. The molecule has 1 amide bonds. The molecule has 0 aliphatic rings. The molecule has 128 valence electrons. The summed E-state index contributed by atoms with van der Waals surface area (Å²) in [4.78, 5) is 27.1. The van der Waals surface area contributed by atoms with E-state index in [-0.39, 0.29) is 17.5 Å². The molecule has 0 aromatic carbocycles. The van der Waals surface area contributed by atoms with E-state index in [1.807, 2.05) is 13.8 Å². The maximum absolute atomic E-state index is 12.0. The maximum atomic E-state index is 12.0. The normalized spacial score (nSPS) is 11.4. The quantitative estimate of drug-likeness (QED) is 0.758. The van der Waals surface area contributed by atoms with Crippen molar-refractivity contribution in [3.63, 3.8) is 0 Å². The van der Waals surface area contributed by atoms with Crippen LogP contribution in [0.2, 0.25) is 5.02 Å². The van der Waals surface area contributed by atoms with Gasteiger partial charge in [-0.2, -0.15) is 0 Å². The Balaban J connectivity index is 2.60. The Morgan fingerprint density at radius 1 is 1.43 bits per heavy atom. The highest BCUT2D eigenvalue weighted by Crippen LogP contribution is 2.23. The highest BCUT2D eigenvalue weighted by Gasteiger charge is 2.26. The smallest absolute Gasteiger partial charge is 0.309 e. The molecule has 7 heteroatoms. The fourth-order valence-electron chi connectivity index (χ4n) is 1.60. The van der Waals surface area contributed by atoms with Crippen molar-refractivity contribution in [2.24, 2.45) is 11.3 Å². The number of aromatic nitrogens is 1. The van der Waals surface area contributed by atoms with Crippen LogP contribution in [0.15, 0.2) is 12.3 Å². The molecule has 0 saturated carbocycles. The first-order valence-corrected chi connectivity index (χ1v) is 7.81. The van der Waals surface area contributed by atoms with Crippen LogP contribution in [-0.4, -0.2) is 35.1 Å². The minimum Gasteiger partial charge on any atom is -0.481 e. The van der Waals surface area contributed by atoms with Crippen LogP contribution in [0, 0.1) is 11.3 Å². The second kappa shape index (κ2) is 8.15. The second-order valence-corrected chi connectivity index (χ2v) is 6.82. The van der Waals surface area contributed by atoms with Crippen molar-refractivity contribution in [2.45, 2.75) is 34.1 Å². The first-order valence-electron chi connectivity index (χ1n) is 7.43. The minimum absolute atomic E-state index is 0.251. The summed E-state index contributed by atoms with van der Waals surface area (Å²) in [5, 5.41) is 12.0. The first-order chi connectivity index (χ1) is 10.6. The summed E-state index contributed by atoms with van der Waals surface area (Å²) in [6.45, 7) is 7.98. The van der Waals surface area contributed by atoms with Crippen LogP contribution in [0.3, 0.4) is 0 Å². The molecular weight excluding hydrogens is 320 g/mol. The van der Waals surface area contributed by atoms with Crippen molar-refractivity contribution in [2.75, 3.05) is 13.2 Å². The van der Waals surface area contributed by atoms with Gasteiger partial charge < -0.3 is 15.2 Å². The Labute approximate surface area is 141 Å². The topological polar surface area (TPSA) is 88.5 Å². The van der Waals surface area contributed by atoms with Crippen LogP contribution in [0.5, 0.6) is 5.88 Å². The third kappa shape index (κ3) is 6.06. The molecule has 0 atom stereocenters. The van der Waals surface area contributed by atoms with Crippen LogP contribution in [0.4, 0.5) is 0 Å². The number of carboxylic acid groups (broad SMARTS) is 1. The Morgan fingerprint density at radius 3 is 2.61 bits per heavy atom. The van der Waals surface area contributed by atoms with Gasteiger partial charge in [-0.15, -0.1) is 0 Å². The number of hydrogen-bond donors (Lipinski definition) is 2. The molecule has 2 N–H and O–H groups in total. The van der Waals surface area contributed by atoms with Gasteiger partial charge in [0.15, 0.2) is 0 Å². The molecule has 0 aliphatic carbocycles. The molecule has 0 bridgehead atoms. The summed E-state index contributed by atoms with van der Waals surface area (Å²) in [5.41, 5.74) is -0.586. The molecule has 1 aromatic rings. The van der Waals surface area contributed by atoms with Gasteiger partial charge in [-0.25, -0.2) is 4.98 Å². The number of amides is 1. The van der Waals surface area contributed by atoms with Crippen molar-refractivity contribution in [3.05, 3.63) is 22.8 Å². The van der Waals surface area contributed by atoms with Gasteiger partial charge in [0.2, 0.25) is 5.88 Å². The largest absolute Gasteiger partial charge is 0.481 e. The molecule has 0 radical (unpaired) electrons. The lowest BCUT2D eigenvalue weighted by Crippen LogP contribution is -2.32. The Kier molecular flexibility index (Phi) is 6.81. The number of rotatable bonds is 8. The van der Waals surface area contributed by atoms with Crippen LogP contribution in [0.1, 0.15) is 44.5 Å². The van der Waals surface area contributed by atoms with Gasteiger partial charge >= 0.3 is 5.97 Å². The molecule has 0 fully saturated rings. The van der Waals surface area contributed by atoms with Crippen molar-refractivity contribution in [1.82, 2.24) is 10.3 Å². The highest BCUT2D eigenvalue weighted by molar-refractivity contribution is 6.32. The molecule has 1 rings (SSSR count). The van der Waals surface area contributed by atoms with Gasteiger partial charge in [0, 0.05) is 12.7 Å². The van der Waals surface area contributed by atoms with Crippen molar-refractivity contribution in [1.29, 1.82) is 0 Å². The zero-order valence-corrected chi connectivity index (χ0v) is 14.6. The predicted molar refractivity (Wildman–Crippen MR) is 87.9 cm³/mol. The molecule has 0 aliphatic heterocycles. The van der Waals surface area contributed by atoms with E-state index < -0.39 is 11.4 Å². The van der Waals surface area contributed by atoms with Gasteiger partial charge in [0.05, 0.1) is 17.6 Å². The molecule has 0 unspecified atom stereocenters. The van der Waals surface area contributed by atoms with E-state index in [0.29, 0.717) is 30.4 Å². The zero-order chi connectivity index (χ0) is 17.6. The molecule has 6 nitrogen and oxygen atoms in total. The number of halogens is 1. The van der Waals surface area contributed by atoms with Crippen LogP contribution in [0.25, 0.3) is 0 Å². The molecular formula is C16H23ClN2O4. The lowest BCUT2D eigenvalue weighted by atomic mass is 9.90. The van der Waals surface area contributed by atoms with E-state index in [2.05, 4.69) is 10.3 Å². The van der Waals surface area contributed by atoms with Crippen molar-refractivity contribution < 1.29 is 19.4 Å². The third-order valence-corrected chi connectivity index (χ3v) is 3.51. The fourth-order valence-corrected chi connectivity index (χ4v) is 1.82. The monoisotopic (exact) mass is 342 g/mol. The van der Waals surface area contributed by atoms with Gasteiger partial charge in [0.1, 0.15) is 5.02 Å². The van der Waals surface area contributed by atoms with E-state index >= 15 is 0 Å². The number of carbonyl (C=O) groups excluding carboxylic acids is 1. The molecule has 23 heavy (non-hydrogen) atoms. The van der Waals surface area contributed by atoms with E-state index in [4.69, 9.17) is 21.4 Å². The van der Waals surface area contributed by atoms with Gasteiger partial charge in [-0.1, -0.05) is 25.4 Å². The maximum Gasteiger partial charge on any atom is 0.309 e. The fraction of sp³-hybridized carbons (Fsp3) is 0.562. The van der Waals surface area contributed by atoms with E-state index in [9.17, 15) is 9.59 Å². The van der Waals surface area contributed by atoms with Crippen molar-refractivity contribution in [3.8, 4) is 5.88 Å². The number of aliphatic carboxylic acids is 1. The summed E-state index contributed by atoms with van der Waals surface area (Å²) in [6.07, 6.45) is 1.71.